The Morgan fingerprint density at radius 2 is 1.56 bits per heavy atom. The Morgan fingerprint density at radius 3 is 2.12 bits per heavy atom. The summed E-state index contributed by atoms with van der Waals surface area (Å²) in [5.74, 6) is 0.900. The summed E-state index contributed by atoms with van der Waals surface area (Å²) in [4.78, 5) is 25.6. The first-order chi connectivity index (χ1) is 19.9. The van der Waals surface area contributed by atoms with Gasteiger partial charge in [0.05, 0.1) is 12.8 Å². The largest absolute Gasteiger partial charge is 0.394 e. The van der Waals surface area contributed by atoms with Crippen molar-refractivity contribution in [2.45, 2.75) is 141 Å². The zero-order valence-electron chi connectivity index (χ0n) is 25.0. The number of carbonyl (C=O) groups excluding carboxylic acids is 2. The molecule has 2 rings (SSSR count). The highest BCUT2D eigenvalue weighted by molar-refractivity contribution is 7.99. The molecule has 2 amide bonds. The van der Waals surface area contributed by atoms with E-state index in [0.29, 0.717) is 12.2 Å². The highest BCUT2D eigenvalue weighted by Gasteiger charge is 2.44. The van der Waals surface area contributed by atoms with Gasteiger partial charge in [0.1, 0.15) is 24.4 Å². The molecular weight excluding hydrogens is 546 g/mol. The maximum atomic E-state index is 13.0. The number of aliphatic hydroxyl groups is 3. The Labute approximate surface area is 249 Å². The predicted molar refractivity (Wildman–Crippen MR) is 162 cm³/mol. The second-order valence-electron chi connectivity index (χ2n) is 11.0. The molecule has 41 heavy (non-hydrogen) atoms. The van der Waals surface area contributed by atoms with Gasteiger partial charge in [-0.05, 0) is 18.6 Å². The summed E-state index contributed by atoms with van der Waals surface area (Å²) in [6, 6.07) is -0.722. The maximum Gasteiger partial charge on any atom is 0.249 e. The SMILES string of the molecule is CCCCCCCCCCCCCCCC(=O)N[C@H](CSCCC)C(=O)Nc1cn([C@H]2OC(CO)[C@@H](O)[C@@H]2O)nn1. The van der Waals surface area contributed by atoms with Crippen molar-refractivity contribution in [3.8, 4) is 0 Å². The lowest BCUT2D eigenvalue weighted by molar-refractivity contribution is -0.126. The summed E-state index contributed by atoms with van der Waals surface area (Å²) in [5.41, 5.74) is 0. The van der Waals surface area contributed by atoms with Crippen LogP contribution in [0.15, 0.2) is 6.20 Å². The molecule has 11 nitrogen and oxygen atoms in total. The van der Waals surface area contributed by atoms with Crippen LogP contribution in [0, 0.1) is 0 Å². The van der Waals surface area contributed by atoms with Crippen molar-refractivity contribution in [2.75, 3.05) is 23.4 Å². The van der Waals surface area contributed by atoms with Gasteiger partial charge in [-0.25, -0.2) is 4.68 Å². The number of aliphatic hydroxyl groups excluding tert-OH is 3. The fourth-order valence-corrected chi connectivity index (χ4v) is 5.79. The Balaban J connectivity index is 1.69. The van der Waals surface area contributed by atoms with Crippen LogP contribution in [0.1, 0.15) is 116 Å². The van der Waals surface area contributed by atoms with Gasteiger partial charge in [0.25, 0.3) is 0 Å². The van der Waals surface area contributed by atoms with Gasteiger partial charge in [-0.1, -0.05) is 96.1 Å². The lowest BCUT2D eigenvalue weighted by Gasteiger charge is -2.17. The predicted octanol–water partition coefficient (Wildman–Crippen LogP) is 3.94. The first-order valence-corrected chi connectivity index (χ1v) is 16.8. The van der Waals surface area contributed by atoms with Crippen LogP contribution < -0.4 is 10.6 Å². The van der Waals surface area contributed by atoms with E-state index in [2.05, 4.69) is 34.8 Å². The summed E-state index contributed by atoms with van der Waals surface area (Å²) < 4.78 is 6.63. The number of thioether (sulfide) groups is 1. The van der Waals surface area contributed by atoms with Crippen molar-refractivity contribution in [1.29, 1.82) is 0 Å². The van der Waals surface area contributed by atoms with E-state index in [1.165, 1.54) is 75.1 Å². The number of aromatic nitrogens is 3. The Bertz CT molecular complexity index is 859. The molecule has 1 unspecified atom stereocenters. The molecule has 1 aromatic rings. The number of amides is 2. The zero-order valence-corrected chi connectivity index (χ0v) is 25.8. The van der Waals surface area contributed by atoms with Gasteiger partial charge < -0.3 is 30.7 Å². The molecule has 2 heterocycles. The van der Waals surface area contributed by atoms with E-state index in [1.54, 1.807) is 11.8 Å². The summed E-state index contributed by atoms with van der Waals surface area (Å²) in [7, 11) is 0. The van der Waals surface area contributed by atoms with Gasteiger partial charge in [-0.2, -0.15) is 11.8 Å². The molecule has 0 spiro atoms. The average molecular weight is 600 g/mol. The fourth-order valence-electron chi connectivity index (χ4n) is 4.87. The lowest BCUT2D eigenvalue weighted by Crippen LogP contribution is -2.45. The molecule has 5 N–H and O–H groups in total. The third kappa shape index (κ3) is 13.4. The molecule has 236 valence electrons. The van der Waals surface area contributed by atoms with E-state index in [1.807, 2.05) is 0 Å². The molecule has 0 bridgehead atoms. The summed E-state index contributed by atoms with van der Waals surface area (Å²) in [5, 5.41) is 42.8. The molecule has 0 aromatic carbocycles. The molecule has 12 heteroatoms. The highest BCUT2D eigenvalue weighted by atomic mass is 32.2. The average Bonchev–Trinajstić information content (AvgIpc) is 3.54. The summed E-state index contributed by atoms with van der Waals surface area (Å²) in [6.45, 7) is 3.85. The topological polar surface area (TPSA) is 159 Å². The molecule has 0 aliphatic carbocycles. The number of nitrogens with one attached hydrogen (secondary N) is 2. The minimum absolute atomic E-state index is 0.129. The van der Waals surface area contributed by atoms with Crippen LogP contribution in [0.3, 0.4) is 0 Å². The Morgan fingerprint density at radius 1 is 0.951 bits per heavy atom. The molecule has 0 saturated carbocycles. The van der Waals surface area contributed by atoms with E-state index in [-0.39, 0.29) is 11.7 Å². The minimum Gasteiger partial charge on any atom is -0.394 e. The van der Waals surface area contributed by atoms with Crippen LogP contribution >= 0.6 is 11.8 Å². The molecule has 1 aromatic heterocycles. The number of anilines is 1. The number of carbonyl (C=O) groups is 2. The smallest absolute Gasteiger partial charge is 0.249 e. The number of nitrogens with zero attached hydrogens (tertiary/aromatic N) is 3. The second-order valence-corrected chi connectivity index (χ2v) is 12.1. The number of rotatable bonds is 23. The number of unbranched alkanes of at least 4 members (excludes halogenated alkanes) is 12. The third-order valence-electron chi connectivity index (χ3n) is 7.33. The zero-order chi connectivity index (χ0) is 29.9. The molecular formula is C29H53N5O6S. The quantitative estimate of drug-likeness (QED) is 0.117. The normalized spacial score (nSPS) is 21.2. The highest BCUT2D eigenvalue weighted by Crippen LogP contribution is 2.29. The van der Waals surface area contributed by atoms with E-state index in [0.717, 1.165) is 31.4 Å². The van der Waals surface area contributed by atoms with Crippen molar-refractivity contribution in [1.82, 2.24) is 20.3 Å². The molecule has 5 atom stereocenters. The lowest BCUT2D eigenvalue weighted by atomic mass is 10.0. The van der Waals surface area contributed by atoms with Crippen molar-refractivity contribution in [3.63, 3.8) is 0 Å². The number of hydrogen-bond acceptors (Lipinski definition) is 9. The number of ether oxygens (including phenoxy) is 1. The molecule has 1 aliphatic heterocycles. The van der Waals surface area contributed by atoms with Crippen LogP contribution in [-0.4, -0.2) is 84.6 Å². The van der Waals surface area contributed by atoms with Crippen molar-refractivity contribution >= 4 is 29.4 Å². The van der Waals surface area contributed by atoms with Crippen molar-refractivity contribution in [3.05, 3.63) is 6.20 Å². The molecule has 0 radical (unpaired) electrons. The standard InChI is InChI=1S/C29H53N5O6S/c1-3-5-6-7-8-9-10-11-12-13-14-15-16-17-25(36)30-22(21-41-18-4-2)28(39)31-24-19-34(33-32-24)29-27(38)26(37)23(20-35)40-29/h19,22-23,26-27,29,35,37-38H,3-18,20-21H2,1-2H3,(H,30,36)(H,31,39)/t22-,23?,26-,27+,29+/m1/s1. The van der Waals surface area contributed by atoms with E-state index in [4.69, 9.17) is 4.74 Å². The molecule has 1 aliphatic rings. The monoisotopic (exact) mass is 599 g/mol. The molecule has 1 fully saturated rings. The Hall–Kier alpha value is -1.73. The van der Waals surface area contributed by atoms with E-state index < -0.39 is 43.1 Å². The minimum atomic E-state index is -1.31. The van der Waals surface area contributed by atoms with Crippen LogP contribution in [0.4, 0.5) is 5.82 Å². The third-order valence-corrected chi connectivity index (χ3v) is 8.60. The fraction of sp³-hybridized carbons (Fsp3) is 0.862. The second kappa shape index (κ2) is 21.0. The van der Waals surface area contributed by atoms with E-state index >= 15 is 0 Å². The van der Waals surface area contributed by atoms with Crippen molar-refractivity contribution in [2.24, 2.45) is 0 Å². The number of hydrogen-bond donors (Lipinski definition) is 5. The maximum absolute atomic E-state index is 13.0. The summed E-state index contributed by atoms with van der Waals surface area (Å²) in [6.07, 6.45) is 14.3. The van der Waals surface area contributed by atoms with Crippen LogP contribution in [-0.2, 0) is 14.3 Å². The first kappa shape index (κ1) is 35.5. The van der Waals surface area contributed by atoms with Crippen LogP contribution in [0.5, 0.6) is 0 Å². The first-order valence-electron chi connectivity index (χ1n) is 15.6. The van der Waals surface area contributed by atoms with Gasteiger partial charge in [-0.15, -0.1) is 5.10 Å². The van der Waals surface area contributed by atoms with Gasteiger partial charge >= 0.3 is 0 Å². The van der Waals surface area contributed by atoms with Gasteiger partial charge in [0, 0.05) is 12.2 Å². The van der Waals surface area contributed by atoms with E-state index in [9.17, 15) is 24.9 Å². The van der Waals surface area contributed by atoms with Gasteiger partial charge in [0.15, 0.2) is 12.0 Å². The van der Waals surface area contributed by atoms with Crippen LogP contribution in [0.25, 0.3) is 0 Å². The Kier molecular flexibility index (Phi) is 18.2. The van der Waals surface area contributed by atoms with Crippen LogP contribution in [0.2, 0.25) is 0 Å². The molecule has 1 saturated heterocycles. The van der Waals surface area contributed by atoms with Gasteiger partial charge in [0.2, 0.25) is 11.8 Å². The van der Waals surface area contributed by atoms with Crippen molar-refractivity contribution < 1.29 is 29.6 Å². The summed E-state index contributed by atoms with van der Waals surface area (Å²) >= 11 is 1.60. The van der Waals surface area contributed by atoms with Gasteiger partial charge in [-0.3, -0.25) is 9.59 Å².